The number of imidazole rings is 1. The van der Waals surface area contributed by atoms with Gasteiger partial charge in [0, 0.05) is 43.4 Å². The molecule has 2 N–H and O–H groups in total. The van der Waals surface area contributed by atoms with Crippen molar-refractivity contribution in [1.82, 2.24) is 24.5 Å². The van der Waals surface area contributed by atoms with Crippen LogP contribution in [0.3, 0.4) is 0 Å². The lowest BCUT2D eigenvalue weighted by atomic mass is 9.86. The average molecular weight is 512 g/mol. The standard InChI is InChI=1S/C29H33N7O2/c1-28(2,3)38-27(37)34-16-13-29(18-34)14-17-35(19-29)36-25(21-10-7-15-31-24(21)30)33-23-12-11-22(32-26(23)36)20-8-5-4-6-9-20/h4-12,15H,13-14,16-19H2,1-3H3,(H2,30,31). The first-order valence-electron chi connectivity index (χ1n) is 13.1. The molecule has 9 nitrogen and oxygen atoms in total. The maximum absolute atomic E-state index is 12.8. The van der Waals surface area contributed by atoms with Crippen molar-refractivity contribution in [2.24, 2.45) is 5.41 Å². The normalized spacial score (nSPS) is 19.6. The van der Waals surface area contributed by atoms with Gasteiger partial charge in [-0.25, -0.2) is 24.4 Å². The van der Waals surface area contributed by atoms with E-state index in [-0.39, 0.29) is 11.5 Å². The van der Waals surface area contributed by atoms with Gasteiger partial charge in [0.1, 0.15) is 16.9 Å². The molecule has 38 heavy (non-hydrogen) atoms. The largest absolute Gasteiger partial charge is 0.444 e. The highest BCUT2D eigenvalue weighted by atomic mass is 16.6. The first-order valence-corrected chi connectivity index (χ1v) is 13.1. The summed E-state index contributed by atoms with van der Waals surface area (Å²) in [6.07, 6.45) is 3.35. The first kappa shape index (κ1) is 24.2. The Bertz CT molecular complexity index is 1490. The summed E-state index contributed by atoms with van der Waals surface area (Å²) in [6, 6.07) is 18.0. The summed E-state index contributed by atoms with van der Waals surface area (Å²) in [4.78, 5) is 29.0. The zero-order valence-electron chi connectivity index (χ0n) is 22.1. The van der Waals surface area contributed by atoms with E-state index >= 15 is 0 Å². The molecule has 0 bridgehead atoms. The Morgan fingerprint density at radius 3 is 2.53 bits per heavy atom. The number of amides is 1. The minimum atomic E-state index is -0.509. The molecule has 0 radical (unpaired) electrons. The van der Waals surface area contributed by atoms with Crippen LogP contribution in [0.15, 0.2) is 60.8 Å². The lowest BCUT2D eigenvalue weighted by molar-refractivity contribution is 0.0276. The molecular formula is C29H33N7O2. The number of ether oxygens (including phenoxy) is 1. The topological polar surface area (TPSA) is 102 Å². The number of carbonyl (C=O) groups is 1. The van der Waals surface area contributed by atoms with Crippen LogP contribution in [0.1, 0.15) is 33.6 Å². The van der Waals surface area contributed by atoms with E-state index in [4.69, 9.17) is 20.4 Å². The van der Waals surface area contributed by atoms with Gasteiger partial charge in [-0.15, -0.1) is 0 Å². The summed E-state index contributed by atoms with van der Waals surface area (Å²) >= 11 is 0. The molecule has 4 aromatic rings. The fourth-order valence-electron chi connectivity index (χ4n) is 5.60. The number of likely N-dealkylation sites (tertiary alicyclic amines) is 1. The second-order valence-electron chi connectivity index (χ2n) is 11.4. The number of nitrogen functional groups attached to an aromatic ring is 1. The van der Waals surface area contributed by atoms with Crippen LogP contribution >= 0.6 is 0 Å². The molecular weight excluding hydrogens is 478 g/mol. The van der Waals surface area contributed by atoms with Crippen molar-refractivity contribution < 1.29 is 9.53 Å². The van der Waals surface area contributed by atoms with Gasteiger partial charge in [0.2, 0.25) is 0 Å². The Morgan fingerprint density at radius 2 is 1.76 bits per heavy atom. The van der Waals surface area contributed by atoms with Gasteiger partial charge in [-0.05, 0) is 57.9 Å². The Labute approximate surface area is 222 Å². The van der Waals surface area contributed by atoms with Crippen molar-refractivity contribution in [3.05, 3.63) is 60.8 Å². The quantitative estimate of drug-likeness (QED) is 0.425. The molecule has 0 saturated carbocycles. The van der Waals surface area contributed by atoms with E-state index in [1.165, 1.54) is 0 Å². The van der Waals surface area contributed by atoms with Crippen molar-refractivity contribution in [1.29, 1.82) is 0 Å². The number of rotatable bonds is 3. The smallest absolute Gasteiger partial charge is 0.410 e. The maximum Gasteiger partial charge on any atom is 0.410 e. The number of nitrogens with two attached hydrogens (primary N) is 1. The van der Waals surface area contributed by atoms with Gasteiger partial charge in [0.15, 0.2) is 11.5 Å². The molecule has 2 saturated heterocycles. The number of pyridine rings is 2. The van der Waals surface area contributed by atoms with Crippen LogP contribution in [0.2, 0.25) is 0 Å². The Balaban J connectivity index is 1.38. The van der Waals surface area contributed by atoms with Gasteiger partial charge >= 0.3 is 6.09 Å². The van der Waals surface area contributed by atoms with Crippen molar-refractivity contribution in [2.45, 2.75) is 39.2 Å². The van der Waals surface area contributed by atoms with Crippen molar-refractivity contribution in [3.63, 3.8) is 0 Å². The molecule has 3 aromatic heterocycles. The zero-order chi connectivity index (χ0) is 26.5. The highest BCUT2D eigenvalue weighted by molar-refractivity contribution is 5.83. The third kappa shape index (κ3) is 4.42. The van der Waals surface area contributed by atoms with Crippen LogP contribution in [0, 0.1) is 5.41 Å². The summed E-state index contributed by atoms with van der Waals surface area (Å²) in [5, 5.41) is 2.30. The van der Waals surface area contributed by atoms with E-state index in [0.717, 1.165) is 59.7 Å². The third-order valence-corrected chi connectivity index (χ3v) is 7.42. The second kappa shape index (κ2) is 9.01. The molecule has 2 fully saturated rings. The van der Waals surface area contributed by atoms with Crippen molar-refractivity contribution in [3.8, 4) is 22.6 Å². The maximum atomic E-state index is 12.8. The fourth-order valence-corrected chi connectivity index (χ4v) is 5.60. The molecule has 2 aliphatic heterocycles. The number of nitrogens with zero attached hydrogens (tertiary/aromatic N) is 6. The lowest BCUT2D eigenvalue weighted by Crippen LogP contribution is -2.39. The lowest BCUT2D eigenvalue weighted by Gasteiger charge is -2.28. The molecule has 196 valence electrons. The van der Waals surface area contributed by atoms with Gasteiger partial charge in [-0.1, -0.05) is 30.3 Å². The third-order valence-electron chi connectivity index (χ3n) is 7.42. The zero-order valence-corrected chi connectivity index (χ0v) is 22.1. The SMILES string of the molecule is CC(C)(C)OC(=O)N1CCC2(CCN(n3c(-c4cccnc4N)nc4ccc(-c5ccccc5)nc43)C2)C1. The van der Waals surface area contributed by atoms with Gasteiger partial charge in [0.25, 0.3) is 0 Å². The van der Waals surface area contributed by atoms with Crippen LogP contribution in [0.25, 0.3) is 33.8 Å². The molecule has 2 aliphatic rings. The van der Waals surface area contributed by atoms with Crippen LogP contribution in [0.5, 0.6) is 0 Å². The number of fused-ring (bicyclic) bond motifs is 1. The van der Waals surface area contributed by atoms with E-state index in [9.17, 15) is 4.79 Å². The highest BCUT2D eigenvalue weighted by Gasteiger charge is 2.46. The van der Waals surface area contributed by atoms with Gasteiger partial charge < -0.3 is 20.4 Å². The summed E-state index contributed by atoms with van der Waals surface area (Å²) in [5.41, 5.74) is 10.1. The van der Waals surface area contributed by atoms with Gasteiger partial charge in [-0.2, -0.15) is 0 Å². The average Bonchev–Trinajstić information content (AvgIpc) is 3.60. The van der Waals surface area contributed by atoms with Crippen LogP contribution < -0.4 is 10.7 Å². The second-order valence-corrected chi connectivity index (χ2v) is 11.4. The fraction of sp³-hybridized carbons (Fsp3) is 0.379. The Kier molecular flexibility index (Phi) is 5.74. The van der Waals surface area contributed by atoms with Gasteiger partial charge in [0.05, 0.1) is 11.3 Å². The van der Waals surface area contributed by atoms with E-state index in [1.807, 2.05) is 68.1 Å². The van der Waals surface area contributed by atoms with E-state index < -0.39 is 5.60 Å². The monoisotopic (exact) mass is 511 g/mol. The molecule has 1 spiro atoms. The summed E-state index contributed by atoms with van der Waals surface area (Å²) in [5.74, 6) is 1.15. The Hall–Kier alpha value is -4.14. The number of benzene rings is 1. The predicted octanol–water partition coefficient (Wildman–Crippen LogP) is 4.71. The molecule has 1 atom stereocenters. The Morgan fingerprint density at radius 1 is 0.974 bits per heavy atom. The molecule has 0 aliphatic carbocycles. The number of hydrogen-bond acceptors (Lipinski definition) is 7. The minimum Gasteiger partial charge on any atom is -0.444 e. The number of hydrogen-bond donors (Lipinski definition) is 1. The summed E-state index contributed by atoms with van der Waals surface area (Å²) < 4.78 is 7.76. The molecule has 5 heterocycles. The molecule has 6 rings (SSSR count). The summed E-state index contributed by atoms with van der Waals surface area (Å²) in [7, 11) is 0. The highest BCUT2D eigenvalue weighted by Crippen LogP contribution is 2.41. The van der Waals surface area contributed by atoms with E-state index in [2.05, 4.69) is 26.8 Å². The number of anilines is 1. The predicted molar refractivity (Wildman–Crippen MR) is 148 cm³/mol. The van der Waals surface area contributed by atoms with Crippen LogP contribution in [-0.2, 0) is 4.74 Å². The first-order chi connectivity index (χ1) is 18.2. The van der Waals surface area contributed by atoms with Crippen molar-refractivity contribution in [2.75, 3.05) is 36.9 Å². The van der Waals surface area contributed by atoms with Crippen molar-refractivity contribution >= 4 is 23.1 Å². The summed E-state index contributed by atoms with van der Waals surface area (Å²) in [6.45, 7) is 8.69. The molecule has 1 amide bonds. The van der Waals surface area contributed by atoms with E-state index in [0.29, 0.717) is 18.9 Å². The van der Waals surface area contributed by atoms with Crippen LogP contribution in [0.4, 0.5) is 10.6 Å². The molecule has 1 unspecified atom stereocenters. The van der Waals surface area contributed by atoms with Crippen LogP contribution in [-0.4, -0.2) is 62.4 Å². The molecule has 1 aromatic carbocycles. The van der Waals surface area contributed by atoms with E-state index in [1.54, 1.807) is 6.20 Å². The minimum absolute atomic E-state index is 0.0116. The molecule has 9 heteroatoms. The number of carbonyl (C=O) groups excluding carboxylic acids is 1. The van der Waals surface area contributed by atoms with Gasteiger partial charge in [-0.3, -0.25) is 0 Å². The number of aromatic nitrogens is 4.